The Hall–Kier alpha value is -2.44. The number of likely N-dealkylation sites (tertiary alicyclic amines) is 1. The molecule has 26 heavy (non-hydrogen) atoms. The third kappa shape index (κ3) is 4.39. The van der Waals surface area contributed by atoms with Crippen LogP contribution in [0.5, 0.6) is 11.5 Å². The van der Waals surface area contributed by atoms with Crippen molar-refractivity contribution in [2.75, 3.05) is 26.9 Å². The predicted molar refractivity (Wildman–Crippen MR) is 100 cm³/mol. The summed E-state index contributed by atoms with van der Waals surface area (Å²) in [6.45, 7) is 4.76. The Bertz CT molecular complexity index is 662. The molecule has 1 atom stereocenters. The molecule has 2 heterocycles. The smallest absolute Gasteiger partial charge is 0.231 e. The van der Waals surface area contributed by atoms with Crippen LogP contribution in [0.3, 0.4) is 0 Å². The van der Waals surface area contributed by atoms with Gasteiger partial charge in [0.25, 0.3) is 0 Å². The molecular weight excluding hydrogens is 332 g/mol. The zero-order valence-electron chi connectivity index (χ0n) is 15.6. The van der Waals surface area contributed by atoms with Gasteiger partial charge < -0.3 is 25.0 Å². The van der Waals surface area contributed by atoms with E-state index in [2.05, 4.69) is 22.5 Å². The molecule has 142 valence electrons. The Morgan fingerprint density at radius 3 is 2.88 bits per heavy atom. The number of amides is 1. The highest BCUT2D eigenvalue weighted by Gasteiger charge is 2.26. The van der Waals surface area contributed by atoms with Crippen LogP contribution >= 0.6 is 0 Å². The number of carbonyl (C=O) groups excluding carboxylic acids is 1. The highest BCUT2D eigenvalue weighted by molar-refractivity contribution is 5.80. The van der Waals surface area contributed by atoms with Gasteiger partial charge in [-0.25, -0.2) is 0 Å². The molecule has 2 aliphatic rings. The average Bonchev–Trinajstić information content (AvgIpc) is 3.29. The molecule has 0 saturated carbocycles. The number of nitrogens with one attached hydrogen (secondary N) is 2. The van der Waals surface area contributed by atoms with Crippen molar-refractivity contribution < 1.29 is 14.3 Å². The monoisotopic (exact) mass is 360 g/mol. The minimum atomic E-state index is 0.285. The summed E-state index contributed by atoms with van der Waals surface area (Å²) in [7, 11) is 1.76. The third-order valence-electron chi connectivity index (χ3n) is 4.91. The summed E-state index contributed by atoms with van der Waals surface area (Å²) < 4.78 is 10.7. The number of hydrogen-bond donors (Lipinski definition) is 2. The molecule has 7 heteroatoms. The second-order valence-corrected chi connectivity index (χ2v) is 6.58. The van der Waals surface area contributed by atoms with Gasteiger partial charge in [-0.1, -0.05) is 13.0 Å². The van der Waals surface area contributed by atoms with Gasteiger partial charge in [0.05, 0.1) is 0 Å². The zero-order chi connectivity index (χ0) is 18.4. The van der Waals surface area contributed by atoms with Crippen LogP contribution in [0.15, 0.2) is 23.2 Å². The molecule has 0 aliphatic carbocycles. The lowest BCUT2D eigenvalue weighted by atomic mass is 10.1. The molecule has 2 aliphatic heterocycles. The van der Waals surface area contributed by atoms with E-state index in [4.69, 9.17) is 9.47 Å². The van der Waals surface area contributed by atoms with E-state index in [0.29, 0.717) is 24.9 Å². The van der Waals surface area contributed by atoms with Crippen LogP contribution in [0.25, 0.3) is 0 Å². The summed E-state index contributed by atoms with van der Waals surface area (Å²) in [5, 5.41) is 6.65. The maximum Gasteiger partial charge on any atom is 0.231 e. The Labute approximate surface area is 154 Å². The molecule has 0 spiro atoms. The van der Waals surface area contributed by atoms with Crippen molar-refractivity contribution in [2.24, 2.45) is 4.99 Å². The molecule has 1 fully saturated rings. The van der Waals surface area contributed by atoms with Crippen LogP contribution in [0.2, 0.25) is 0 Å². The van der Waals surface area contributed by atoms with Crippen LogP contribution in [0.1, 0.15) is 38.2 Å². The lowest BCUT2D eigenvalue weighted by Crippen LogP contribution is -2.41. The number of guanidine groups is 1. The zero-order valence-corrected chi connectivity index (χ0v) is 15.6. The number of aliphatic imine (C=N–C) groups is 1. The quantitative estimate of drug-likeness (QED) is 0.574. The van der Waals surface area contributed by atoms with E-state index in [1.165, 1.54) is 0 Å². The topological polar surface area (TPSA) is 75.2 Å². The maximum absolute atomic E-state index is 11.9. The lowest BCUT2D eigenvalue weighted by Gasteiger charge is -2.27. The fraction of sp³-hybridized carbons (Fsp3) is 0.579. The van der Waals surface area contributed by atoms with Gasteiger partial charge in [0.2, 0.25) is 12.7 Å². The second-order valence-electron chi connectivity index (χ2n) is 6.58. The third-order valence-corrected chi connectivity index (χ3v) is 4.91. The summed E-state index contributed by atoms with van der Waals surface area (Å²) in [4.78, 5) is 18.2. The van der Waals surface area contributed by atoms with E-state index >= 15 is 0 Å². The van der Waals surface area contributed by atoms with Crippen molar-refractivity contribution in [3.8, 4) is 11.5 Å². The molecule has 2 N–H and O–H groups in total. The van der Waals surface area contributed by atoms with Gasteiger partial charge >= 0.3 is 0 Å². The predicted octanol–water partition coefficient (Wildman–Crippen LogP) is 1.87. The van der Waals surface area contributed by atoms with Crippen LogP contribution in [0, 0.1) is 0 Å². The van der Waals surface area contributed by atoms with Gasteiger partial charge in [-0.2, -0.15) is 0 Å². The minimum absolute atomic E-state index is 0.285. The molecule has 1 unspecified atom stereocenters. The Morgan fingerprint density at radius 1 is 1.31 bits per heavy atom. The maximum atomic E-state index is 11.9. The number of ether oxygens (including phenoxy) is 2. The molecule has 1 aromatic rings. The van der Waals surface area contributed by atoms with Gasteiger partial charge in [-0.05, 0) is 37.0 Å². The summed E-state index contributed by atoms with van der Waals surface area (Å²) in [6, 6.07) is 6.23. The van der Waals surface area contributed by atoms with Gasteiger partial charge in [0.1, 0.15) is 0 Å². The first-order valence-corrected chi connectivity index (χ1v) is 9.33. The molecular formula is C19H28N4O3. The van der Waals surface area contributed by atoms with Crippen LogP contribution in [0.4, 0.5) is 0 Å². The molecule has 1 amide bonds. The normalized spacial score (nSPS) is 17.5. The van der Waals surface area contributed by atoms with E-state index in [9.17, 15) is 4.79 Å². The van der Waals surface area contributed by atoms with Crippen molar-refractivity contribution in [1.29, 1.82) is 0 Å². The van der Waals surface area contributed by atoms with Crippen LogP contribution in [-0.4, -0.2) is 49.7 Å². The van der Waals surface area contributed by atoms with Gasteiger partial charge in [0, 0.05) is 39.1 Å². The second kappa shape index (κ2) is 8.78. The van der Waals surface area contributed by atoms with Crippen molar-refractivity contribution in [3.05, 3.63) is 23.8 Å². The minimum Gasteiger partial charge on any atom is -0.454 e. The highest BCUT2D eigenvalue weighted by atomic mass is 16.7. The molecule has 1 saturated heterocycles. The highest BCUT2D eigenvalue weighted by Crippen LogP contribution is 2.32. The van der Waals surface area contributed by atoms with Crippen molar-refractivity contribution in [2.45, 2.75) is 45.2 Å². The van der Waals surface area contributed by atoms with E-state index < -0.39 is 0 Å². The molecule has 3 rings (SSSR count). The first kappa shape index (κ1) is 18.4. The number of nitrogens with zero attached hydrogens (tertiary/aromatic N) is 2. The standard InChI is InChI=1S/C19H28N4O3/c1-3-15(23-10-4-5-18(23)24)8-9-21-19(20-2)22-12-14-6-7-16-17(11-14)26-13-25-16/h6-7,11,15H,3-5,8-10,12-13H2,1-2H3,(H2,20,21,22). The SMILES string of the molecule is CCC(CCNC(=NC)NCc1ccc2c(c1)OCO2)N1CCCC1=O. The Kier molecular flexibility index (Phi) is 6.20. The molecule has 0 aromatic heterocycles. The largest absolute Gasteiger partial charge is 0.454 e. The number of rotatable bonds is 7. The summed E-state index contributed by atoms with van der Waals surface area (Å²) in [5.41, 5.74) is 1.10. The van der Waals surface area contributed by atoms with E-state index in [1.54, 1.807) is 7.05 Å². The fourth-order valence-corrected chi connectivity index (χ4v) is 3.45. The first-order chi connectivity index (χ1) is 12.7. The van der Waals surface area contributed by atoms with Gasteiger partial charge in [-0.3, -0.25) is 9.79 Å². The number of benzene rings is 1. The Morgan fingerprint density at radius 2 is 2.15 bits per heavy atom. The molecule has 0 bridgehead atoms. The number of hydrogen-bond acceptors (Lipinski definition) is 4. The lowest BCUT2D eigenvalue weighted by molar-refractivity contribution is -0.129. The average molecular weight is 360 g/mol. The molecule has 7 nitrogen and oxygen atoms in total. The molecule has 1 aromatic carbocycles. The van der Waals surface area contributed by atoms with Crippen molar-refractivity contribution in [1.82, 2.24) is 15.5 Å². The summed E-state index contributed by atoms with van der Waals surface area (Å²) >= 11 is 0. The number of carbonyl (C=O) groups is 1. The van der Waals surface area contributed by atoms with E-state index in [0.717, 1.165) is 55.4 Å². The van der Waals surface area contributed by atoms with Crippen LogP contribution < -0.4 is 20.1 Å². The first-order valence-electron chi connectivity index (χ1n) is 9.33. The van der Waals surface area contributed by atoms with Crippen LogP contribution in [-0.2, 0) is 11.3 Å². The van der Waals surface area contributed by atoms with E-state index in [1.807, 2.05) is 23.1 Å². The summed E-state index contributed by atoms with van der Waals surface area (Å²) in [6.07, 6.45) is 3.59. The van der Waals surface area contributed by atoms with Gasteiger partial charge in [0.15, 0.2) is 17.5 Å². The van der Waals surface area contributed by atoms with E-state index in [-0.39, 0.29) is 6.79 Å². The van der Waals surface area contributed by atoms with Gasteiger partial charge in [-0.15, -0.1) is 0 Å². The summed E-state index contributed by atoms with van der Waals surface area (Å²) in [5.74, 6) is 2.62. The number of fused-ring (bicyclic) bond motifs is 1. The van der Waals surface area contributed by atoms with Crippen molar-refractivity contribution in [3.63, 3.8) is 0 Å². The fourth-order valence-electron chi connectivity index (χ4n) is 3.45. The Balaban J connectivity index is 1.43. The molecule has 0 radical (unpaired) electrons. The van der Waals surface area contributed by atoms with Crippen molar-refractivity contribution >= 4 is 11.9 Å².